The van der Waals surface area contributed by atoms with Crippen LogP contribution in [0.25, 0.3) is 0 Å². The number of ketones is 1. The average Bonchev–Trinajstić information content (AvgIpc) is 2.94. The van der Waals surface area contributed by atoms with Crippen LogP contribution in [-0.4, -0.2) is 35.0 Å². The zero-order chi connectivity index (χ0) is 13.8. The predicted octanol–water partition coefficient (Wildman–Crippen LogP) is 1.55. The van der Waals surface area contributed by atoms with Gasteiger partial charge in [-0.1, -0.05) is 5.21 Å². The van der Waals surface area contributed by atoms with Crippen molar-refractivity contribution in [2.45, 2.75) is 13.5 Å². The fourth-order valence-corrected chi connectivity index (χ4v) is 1.80. The first kappa shape index (κ1) is 13.1. The SMILES string of the molecule is CCn1nncc1C(=O)c1cc(OC)ccc1OC. The van der Waals surface area contributed by atoms with E-state index in [-0.39, 0.29) is 5.78 Å². The van der Waals surface area contributed by atoms with Crippen molar-refractivity contribution in [1.29, 1.82) is 0 Å². The lowest BCUT2D eigenvalue weighted by molar-refractivity contribution is 0.102. The van der Waals surface area contributed by atoms with Crippen molar-refractivity contribution < 1.29 is 14.3 Å². The average molecular weight is 261 g/mol. The van der Waals surface area contributed by atoms with Gasteiger partial charge in [-0.15, -0.1) is 5.10 Å². The highest BCUT2D eigenvalue weighted by atomic mass is 16.5. The molecule has 0 aliphatic carbocycles. The summed E-state index contributed by atoms with van der Waals surface area (Å²) in [5.74, 6) is 0.900. The van der Waals surface area contributed by atoms with Crippen LogP contribution in [0.1, 0.15) is 23.0 Å². The van der Waals surface area contributed by atoms with E-state index in [9.17, 15) is 4.79 Å². The maximum atomic E-state index is 12.5. The van der Waals surface area contributed by atoms with E-state index < -0.39 is 0 Å². The van der Waals surface area contributed by atoms with E-state index in [1.807, 2.05) is 6.92 Å². The van der Waals surface area contributed by atoms with Crippen molar-refractivity contribution in [2.24, 2.45) is 0 Å². The summed E-state index contributed by atoms with van der Waals surface area (Å²) in [6.07, 6.45) is 1.45. The molecule has 0 radical (unpaired) electrons. The third-order valence-electron chi connectivity index (χ3n) is 2.80. The van der Waals surface area contributed by atoms with Gasteiger partial charge < -0.3 is 9.47 Å². The monoisotopic (exact) mass is 261 g/mol. The van der Waals surface area contributed by atoms with Gasteiger partial charge in [0.25, 0.3) is 0 Å². The number of aryl methyl sites for hydroxylation is 1. The fourth-order valence-electron chi connectivity index (χ4n) is 1.80. The number of carbonyl (C=O) groups excluding carboxylic acids is 1. The summed E-state index contributed by atoms with van der Waals surface area (Å²) in [4.78, 5) is 12.5. The first-order valence-corrected chi connectivity index (χ1v) is 5.86. The minimum atomic E-state index is -0.192. The minimum absolute atomic E-state index is 0.192. The molecule has 6 heteroatoms. The summed E-state index contributed by atoms with van der Waals surface area (Å²) in [6.45, 7) is 2.47. The molecule has 0 atom stereocenters. The number of hydrogen-bond acceptors (Lipinski definition) is 5. The van der Waals surface area contributed by atoms with Crippen LogP contribution in [0.3, 0.4) is 0 Å². The van der Waals surface area contributed by atoms with Crippen molar-refractivity contribution in [3.8, 4) is 11.5 Å². The second-order valence-corrected chi connectivity index (χ2v) is 3.83. The van der Waals surface area contributed by atoms with E-state index in [1.54, 1.807) is 30.0 Å². The Balaban J connectivity index is 2.48. The molecular formula is C13H15N3O3. The normalized spacial score (nSPS) is 10.3. The van der Waals surface area contributed by atoms with Gasteiger partial charge in [0.2, 0.25) is 5.78 Å². The molecule has 0 N–H and O–H groups in total. The van der Waals surface area contributed by atoms with Gasteiger partial charge in [-0.3, -0.25) is 4.79 Å². The number of methoxy groups -OCH3 is 2. The zero-order valence-electron chi connectivity index (χ0n) is 11.1. The number of carbonyl (C=O) groups is 1. The Kier molecular flexibility index (Phi) is 3.79. The largest absolute Gasteiger partial charge is 0.497 e. The van der Waals surface area contributed by atoms with E-state index in [2.05, 4.69) is 10.3 Å². The third kappa shape index (κ3) is 2.42. The maximum Gasteiger partial charge on any atom is 0.216 e. The number of hydrogen-bond donors (Lipinski definition) is 0. The van der Waals surface area contributed by atoms with Crippen molar-refractivity contribution in [2.75, 3.05) is 14.2 Å². The number of rotatable bonds is 5. The molecule has 0 bridgehead atoms. The van der Waals surface area contributed by atoms with Crippen molar-refractivity contribution in [3.05, 3.63) is 35.7 Å². The second kappa shape index (κ2) is 5.51. The van der Waals surface area contributed by atoms with Gasteiger partial charge in [0, 0.05) is 6.54 Å². The summed E-state index contributed by atoms with van der Waals surface area (Å²) < 4.78 is 11.9. The standard InChI is InChI=1S/C13H15N3O3/c1-4-16-11(8-14-15-16)13(17)10-7-9(18-2)5-6-12(10)19-3/h5-8H,4H2,1-3H3. The van der Waals surface area contributed by atoms with Gasteiger partial charge in [0.05, 0.1) is 26.0 Å². The highest BCUT2D eigenvalue weighted by Crippen LogP contribution is 2.26. The van der Waals surface area contributed by atoms with Crippen LogP contribution in [0.15, 0.2) is 24.4 Å². The van der Waals surface area contributed by atoms with Crippen LogP contribution >= 0.6 is 0 Å². The molecule has 6 nitrogen and oxygen atoms in total. The highest BCUT2D eigenvalue weighted by molar-refractivity contribution is 6.09. The Morgan fingerprint density at radius 3 is 2.74 bits per heavy atom. The van der Waals surface area contributed by atoms with Gasteiger partial charge in [0.1, 0.15) is 17.2 Å². The fraction of sp³-hybridized carbons (Fsp3) is 0.308. The minimum Gasteiger partial charge on any atom is -0.497 e. The van der Waals surface area contributed by atoms with Gasteiger partial charge in [0.15, 0.2) is 0 Å². The van der Waals surface area contributed by atoms with Gasteiger partial charge in [-0.2, -0.15) is 0 Å². The summed E-state index contributed by atoms with van der Waals surface area (Å²) in [5.41, 5.74) is 0.855. The van der Waals surface area contributed by atoms with E-state index in [4.69, 9.17) is 9.47 Å². The molecule has 0 aliphatic heterocycles. The molecule has 1 heterocycles. The third-order valence-corrected chi connectivity index (χ3v) is 2.80. The van der Waals surface area contributed by atoms with E-state index >= 15 is 0 Å². The van der Waals surface area contributed by atoms with Crippen molar-refractivity contribution >= 4 is 5.78 Å². The quantitative estimate of drug-likeness (QED) is 0.764. The molecule has 19 heavy (non-hydrogen) atoms. The lowest BCUT2D eigenvalue weighted by atomic mass is 10.1. The lowest BCUT2D eigenvalue weighted by Gasteiger charge is -2.09. The summed E-state index contributed by atoms with van der Waals surface area (Å²) in [6, 6.07) is 5.09. The van der Waals surface area contributed by atoms with Crippen LogP contribution in [0.4, 0.5) is 0 Å². The second-order valence-electron chi connectivity index (χ2n) is 3.83. The maximum absolute atomic E-state index is 12.5. The van der Waals surface area contributed by atoms with Crippen LogP contribution in [0.5, 0.6) is 11.5 Å². The molecule has 100 valence electrons. The molecular weight excluding hydrogens is 246 g/mol. The Morgan fingerprint density at radius 2 is 2.11 bits per heavy atom. The Hall–Kier alpha value is -2.37. The lowest BCUT2D eigenvalue weighted by Crippen LogP contribution is -2.11. The van der Waals surface area contributed by atoms with E-state index in [1.165, 1.54) is 13.3 Å². The molecule has 0 saturated carbocycles. The zero-order valence-corrected chi connectivity index (χ0v) is 11.1. The van der Waals surface area contributed by atoms with Crippen LogP contribution < -0.4 is 9.47 Å². The number of aromatic nitrogens is 3. The number of benzene rings is 1. The Morgan fingerprint density at radius 1 is 1.32 bits per heavy atom. The van der Waals surface area contributed by atoms with Crippen molar-refractivity contribution in [3.63, 3.8) is 0 Å². The van der Waals surface area contributed by atoms with Crippen LogP contribution in [0, 0.1) is 0 Å². The van der Waals surface area contributed by atoms with Crippen LogP contribution in [-0.2, 0) is 6.54 Å². The topological polar surface area (TPSA) is 66.2 Å². The smallest absolute Gasteiger partial charge is 0.216 e. The molecule has 0 saturated heterocycles. The van der Waals surface area contributed by atoms with Crippen molar-refractivity contribution in [1.82, 2.24) is 15.0 Å². The molecule has 0 spiro atoms. The predicted molar refractivity (Wildman–Crippen MR) is 68.7 cm³/mol. The summed E-state index contributed by atoms with van der Waals surface area (Å²) >= 11 is 0. The molecule has 2 rings (SSSR count). The molecule has 0 unspecified atom stereocenters. The highest BCUT2D eigenvalue weighted by Gasteiger charge is 2.19. The molecule has 1 aromatic carbocycles. The molecule has 2 aromatic rings. The number of nitrogens with zero attached hydrogens (tertiary/aromatic N) is 3. The molecule has 0 amide bonds. The van der Waals surface area contributed by atoms with Crippen LogP contribution in [0.2, 0.25) is 0 Å². The van der Waals surface area contributed by atoms with E-state index in [0.717, 1.165) is 0 Å². The van der Waals surface area contributed by atoms with E-state index in [0.29, 0.717) is 29.3 Å². The molecule has 0 aliphatic rings. The van der Waals surface area contributed by atoms with Gasteiger partial charge in [-0.05, 0) is 25.1 Å². The summed E-state index contributed by atoms with van der Waals surface area (Å²) in [7, 11) is 3.07. The first-order valence-electron chi connectivity index (χ1n) is 5.86. The van der Waals surface area contributed by atoms with Gasteiger partial charge >= 0.3 is 0 Å². The number of ether oxygens (including phenoxy) is 2. The Labute approximate surface area is 110 Å². The molecule has 0 fully saturated rings. The first-order chi connectivity index (χ1) is 9.21. The summed E-state index contributed by atoms with van der Waals surface area (Å²) in [5, 5.41) is 7.61. The van der Waals surface area contributed by atoms with Gasteiger partial charge in [-0.25, -0.2) is 4.68 Å². The Bertz CT molecular complexity index is 593. The molecule has 1 aromatic heterocycles.